The van der Waals surface area contributed by atoms with E-state index in [0.717, 1.165) is 11.1 Å². The Kier molecular flexibility index (Phi) is 8.31. The summed E-state index contributed by atoms with van der Waals surface area (Å²) in [4.78, 5) is 41.9. The quantitative estimate of drug-likeness (QED) is 0.312. The third-order valence-corrected chi connectivity index (χ3v) is 8.68. The molecular weight excluding hydrogens is 561 g/mol. The van der Waals surface area contributed by atoms with Crippen molar-refractivity contribution in [3.8, 4) is 11.5 Å². The Labute approximate surface area is 258 Å². The first-order valence-corrected chi connectivity index (χ1v) is 14.9. The summed E-state index contributed by atoms with van der Waals surface area (Å²) >= 11 is 0. The van der Waals surface area contributed by atoms with E-state index >= 15 is 0 Å². The molecule has 0 unspecified atom stereocenters. The molecule has 2 aromatic carbocycles. The minimum atomic E-state index is -1.02. The number of hydrogen-bond donors (Lipinski definition) is 1. The Bertz CT molecular complexity index is 1540. The van der Waals surface area contributed by atoms with Crippen LogP contribution in [0.3, 0.4) is 0 Å². The van der Waals surface area contributed by atoms with Crippen LogP contribution in [0, 0.1) is 16.6 Å². The molecule has 2 aromatic rings. The number of aliphatic carboxylic acids is 1. The van der Waals surface area contributed by atoms with Crippen LogP contribution in [0.5, 0.6) is 11.5 Å². The number of benzene rings is 2. The predicted molar refractivity (Wildman–Crippen MR) is 165 cm³/mol. The molecule has 0 saturated carbocycles. The molecule has 1 N–H and O–H groups in total. The fourth-order valence-electron chi connectivity index (χ4n) is 6.92. The van der Waals surface area contributed by atoms with E-state index in [4.69, 9.17) is 9.47 Å². The topological polar surface area (TPSA) is 93.1 Å². The maximum absolute atomic E-state index is 14.0. The zero-order valence-corrected chi connectivity index (χ0v) is 26.1. The maximum atomic E-state index is 14.0. The standard InChI is InChI=1S/C36H40FNO6/c1-7-8-22-13-23(14-29(43-6)34(22)44-20-21-9-11-24(37)12-10-21)31-32-25(15-35(2,3)17-27(32)39)38(19-30(41)42)26-16-36(4,5)18-28(40)33(26)31/h7,9-14,31H,1,8,15-20H2,2-6H3,(H,41,42). The second-order valence-corrected chi connectivity index (χ2v) is 13.6. The SMILES string of the molecule is C=CCc1cc(C2C3=C(CC(C)(C)CC3=O)N(CC(=O)O)C3=C2C(=O)CC(C)(C)C3)cc(OC)c1OCc1ccc(F)cc1. The van der Waals surface area contributed by atoms with Gasteiger partial charge in [-0.05, 0) is 59.4 Å². The lowest BCUT2D eigenvalue weighted by molar-refractivity contribution is -0.138. The largest absolute Gasteiger partial charge is 0.493 e. The van der Waals surface area contributed by atoms with E-state index in [9.17, 15) is 23.9 Å². The Hall–Kier alpha value is -4.20. The molecule has 232 valence electrons. The average molecular weight is 602 g/mol. The van der Waals surface area contributed by atoms with Crippen LogP contribution in [0.2, 0.25) is 0 Å². The number of carbonyl (C=O) groups is 3. The van der Waals surface area contributed by atoms with E-state index in [0.29, 0.717) is 71.7 Å². The van der Waals surface area contributed by atoms with Crippen LogP contribution in [0.25, 0.3) is 0 Å². The van der Waals surface area contributed by atoms with Crippen molar-refractivity contribution in [1.82, 2.24) is 4.90 Å². The number of Topliss-reactive ketones (excluding diaryl/α,β-unsaturated/α-hetero) is 2. The summed E-state index contributed by atoms with van der Waals surface area (Å²) in [5, 5.41) is 9.95. The second kappa shape index (κ2) is 11.7. The predicted octanol–water partition coefficient (Wildman–Crippen LogP) is 6.91. The van der Waals surface area contributed by atoms with Crippen molar-refractivity contribution < 1.29 is 33.4 Å². The minimum Gasteiger partial charge on any atom is -0.493 e. The second-order valence-electron chi connectivity index (χ2n) is 13.6. The molecule has 1 aliphatic heterocycles. The average Bonchev–Trinajstić information content (AvgIpc) is 2.92. The molecule has 0 bridgehead atoms. The summed E-state index contributed by atoms with van der Waals surface area (Å²) in [7, 11) is 1.54. The van der Waals surface area contributed by atoms with E-state index < -0.39 is 11.9 Å². The lowest BCUT2D eigenvalue weighted by Gasteiger charge is -2.48. The molecule has 7 nitrogen and oxygen atoms in total. The molecule has 0 atom stereocenters. The normalized spacial score (nSPS) is 19.5. The van der Waals surface area contributed by atoms with Gasteiger partial charge in [-0.25, -0.2) is 4.39 Å². The highest BCUT2D eigenvalue weighted by atomic mass is 19.1. The number of rotatable bonds is 9. The van der Waals surface area contributed by atoms with E-state index in [1.807, 2.05) is 39.8 Å². The van der Waals surface area contributed by atoms with Gasteiger partial charge in [0.25, 0.3) is 0 Å². The van der Waals surface area contributed by atoms with Gasteiger partial charge in [0.05, 0.1) is 7.11 Å². The first-order chi connectivity index (χ1) is 20.7. The number of ketones is 2. The number of allylic oxidation sites excluding steroid dienone is 5. The van der Waals surface area contributed by atoms with Crippen molar-refractivity contribution in [3.63, 3.8) is 0 Å². The first kappa shape index (κ1) is 31.2. The van der Waals surface area contributed by atoms with Crippen molar-refractivity contribution in [2.24, 2.45) is 10.8 Å². The smallest absolute Gasteiger partial charge is 0.323 e. The molecule has 8 heteroatoms. The lowest BCUT2D eigenvalue weighted by Crippen LogP contribution is -2.45. The van der Waals surface area contributed by atoms with Gasteiger partial charge in [0.2, 0.25) is 0 Å². The number of halogens is 1. The lowest BCUT2D eigenvalue weighted by atomic mass is 9.63. The molecule has 2 aliphatic carbocycles. The Morgan fingerprint density at radius 3 is 2.07 bits per heavy atom. The fourth-order valence-corrected chi connectivity index (χ4v) is 6.92. The highest BCUT2D eigenvalue weighted by Gasteiger charge is 2.49. The van der Waals surface area contributed by atoms with Gasteiger partial charge in [0.1, 0.15) is 19.0 Å². The van der Waals surface area contributed by atoms with Crippen LogP contribution in [0.1, 0.15) is 76.0 Å². The summed E-state index contributed by atoms with van der Waals surface area (Å²) in [6.07, 6.45) is 3.79. The van der Waals surface area contributed by atoms with Gasteiger partial charge < -0.3 is 19.5 Å². The van der Waals surface area contributed by atoms with Gasteiger partial charge in [0.15, 0.2) is 23.1 Å². The summed E-state index contributed by atoms with van der Waals surface area (Å²) in [5.41, 5.74) is 3.87. The van der Waals surface area contributed by atoms with Crippen molar-refractivity contribution in [2.45, 2.75) is 72.3 Å². The molecular formula is C36H40FNO6. The molecule has 0 spiro atoms. The maximum Gasteiger partial charge on any atom is 0.323 e. The molecule has 44 heavy (non-hydrogen) atoms. The molecule has 0 amide bonds. The summed E-state index contributed by atoms with van der Waals surface area (Å²) in [6.45, 7) is 11.8. The Balaban J connectivity index is 1.71. The molecule has 0 saturated heterocycles. The van der Waals surface area contributed by atoms with Crippen LogP contribution in [-0.2, 0) is 27.4 Å². The van der Waals surface area contributed by atoms with Crippen LogP contribution in [-0.4, -0.2) is 41.2 Å². The van der Waals surface area contributed by atoms with E-state index in [1.165, 1.54) is 19.2 Å². The van der Waals surface area contributed by atoms with E-state index in [2.05, 4.69) is 6.58 Å². The number of hydrogen-bond acceptors (Lipinski definition) is 6. The van der Waals surface area contributed by atoms with Crippen LogP contribution < -0.4 is 9.47 Å². The van der Waals surface area contributed by atoms with Crippen molar-refractivity contribution in [1.29, 1.82) is 0 Å². The molecule has 1 heterocycles. The van der Waals surface area contributed by atoms with Gasteiger partial charge in [-0.3, -0.25) is 14.4 Å². The molecule has 0 radical (unpaired) electrons. The number of methoxy groups -OCH3 is 1. The summed E-state index contributed by atoms with van der Waals surface area (Å²) in [5.74, 6) is -1.25. The van der Waals surface area contributed by atoms with Crippen LogP contribution >= 0.6 is 0 Å². The van der Waals surface area contributed by atoms with Gasteiger partial charge in [-0.15, -0.1) is 6.58 Å². The van der Waals surface area contributed by atoms with Crippen molar-refractivity contribution in [2.75, 3.05) is 13.7 Å². The highest BCUT2D eigenvalue weighted by Crippen LogP contribution is 2.55. The van der Waals surface area contributed by atoms with Crippen LogP contribution in [0.4, 0.5) is 4.39 Å². The number of carbonyl (C=O) groups excluding carboxylic acids is 2. The minimum absolute atomic E-state index is 0.0818. The third kappa shape index (κ3) is 6.07. The highest BCUT2D eigenvalue weighted by molar-refractivity contribution is 6.07. The summed E-state index contributed by atoms with van der Waals surface area (Å²) in [6, 6.07) is 9.82. The number of nitrogens with zero attached hydrogens (tertiary/aromatic N) is 1. The van der Waals surface area contributed by atoms with Crippen molar-refractivity contribution >= 4 is 17.5 Å². The zero-order valence-electron chi connectivity index (χ0n) is 26.1. The number of carboxylic acid groups (broad SMARTS) is 1. The molecule has 5 rings (SSSR count). The fraction of sp³-hybridized carbons (Fsp3) is 0.417. The third-order valence-electron chi connectivity index (χ3n) is 8.68. The number of ether oxygens (including phenoxy) is 2. The Morgan fingerprint density at radius 1 is 1.00 bits per heavy atom. The monoisotopic (exact) mass is 601 g/mol. The van der Waals surface area contributed by atoms with E-state index in [1.54, 1.807) is 23.1 Å². The van der Waals surface area contributed by atoms with Crippen LogP contribution in [0.15, 0.2) is 71.6 Å². The van der Waals surface area contributed by atoms with Gasteiger partial charge in [-0.2, -0.15) is 0 Å². The van der Waals surface area contributed by atoms with E-state index in [-0.39, 0.29) is 41.4 Å². The Morgan fingerprint density at radius 2 is 1.57 bits per heavy atom. The molecule has 0 fully saturated rings. The zero-order chi connectivity index (χ0) is 32.0. The molecule has 0 aromatic heterocycles. The van der Waals surface area contributed by atoms with Crippen molar-refractivity contribution in [3.05, 3.63) is 94.1 Å². The van der Waals surface area contributed by atoms with Gasteiger partial charge in [-0.1, -0.05) is 52.0 Å². The van der Waals surface area contributed by atoms with Gasteiger partial charge in [0, 0.05) is 46.9 Å². The first-order valence-electron chi connectivity index (χ1n) is 14.9. The van der Waals surface area contributed by atoms with Gasteiger partial charge >= 0.3 is 5.97 Å². The number of carboxylic acids is 1. The molecule has 3 aliphatic rings. The summed E-state index contributed by atoms with van der Waals surface area (Å²) < 4.78 is 25.5.